The molecule has 47 heavy (non-hydrogen) atoms. The Hall–Kier alpha value is -5.23. The summed E-state index contributed by atoms with van der Waals surface area (Å²) >= 11 is 0. The van der Waals surface area contributed by atoms with Crippen LogP contribution in [0.1, 0.15) is 46.3 Å². The Balaban J connectivity index is 1.42. The van der Waals surface area contributed by atoms with E-state index in [9.17, 15) is 27.6 Å². The summed E-state index contributed by atoms with van der Waals surface area (Å²) in [6, 6.07) is 19.2. The van der Waals surface area contributed by atoms with Gasteiger partial charge in [0.2, 0.25) is 0 Å². The lowest BCUT2D eigenvalue weighted by molar-refractivity contribution is -0.137. The SMILES string of the molecule is CCN1C(=O)[C@@H](NC(=O)c2cccc(C(F)(F)F)c2)[C@H](c2cccc(NC(=O)C3=CCCN(C)C3)c2)c2cnn(-c3ccccc3)c21. The zero-order valence-corrected chi connectivity index (χ0v) is 25.8. The second-order valence-corrected chi connectivity index (χ2v) is 11.6. The maximum atomic E-state index is 14.3. The first-order valence-electron chi connectivity index (χ1n) is 15.3. The Labute approximate surface area is 269 Å². The van der Waals surface area contributed by atoms with Crippen LogP contribution < -0.4 is 15.5 Å². The number of fused-ring (bicyclic) bond motifs is 1. The van der Waals surface area contributed by atoms with Gasteiger partial charge in [-0.05, 0) is 68.4 Å². The summed E-state index contributed by atoms with van der Waals surface area (Å²) < 4.78 is 42.1. The van der Waals surface area contributed by atoms with Gasteiger partial charge in [0.25, 0.3) is 17.7 Å². The van der Waals surface area contributed by atoms with Crippen molar-refractivity contribution in [2.45, 2.75) is 31.5 Å². The number of nitrogens with zero attached hydrogens (tertiary/aromatic N) is 4. The van der Waals surface area contributed by atoms with E-state index in [0.717, 1.165) is 36.9 Å². The summed E-state index contributed by atoms with van der Waals surface area (Å²) in [6.07, 6.45) is -0.326. The predicted molar refractivity (Wildman–Crippen MR) is 171 cm³/mol. The van der Waals surface area contributed by atoms with Gasteiger partial charge in [-0.2, -0.15) is 18.3 Å². The molecule has 242 valence electrons. The van der Waals surface area contributed by atoms with Gasteiger partial charge in [0.1, 0.15) is 11.9 Å². The summed E-state index contributed by atoms with van der Waals surface area (Å²) in [5.41, 5.74) is 1.89. The molecular formula is C35H33F3N6O3. The minimum atomic E-state index is -4.65. The molecule has 0 unspecified atom stereocenters. The fraction of sp³-hybridized carbons (Fsp3) is 0.257. The molecule has 0 radical (unpaired) electrons. The van der Waals surface area contributed by atoms with Crippen LogP contribution >= 0.6 is 0 Å². The van der Waals surface area contributed by atoms with E-state index in [1.807, 2.05) is 43.5 Å². The van der Waals surface area contributed by atoms with Crippen molar-refractivity contribution in [2.24, 2.45) is 0 Å². The first-order valence-corrected chi connectivity index (χ1v) is 15.3. The molecule has 6 rings (SSSR count). The number of likely N-dealkylation sites (N-methyl/N-ethyl adjacent to an activating group) is 2. The van der Waals surface area contributed by atoms with Crippen LogP contribution in [-0.4, -0.2) is 65.1 Å². The number of aromatic nitrogens is 2. The molecule has 3 aromatic carbocycles. The predicted octanol–water partition coefficient (Wildman–Crippen LogP) is 5.39. The Morgan fingerprint density at radius 2 is 1.74 bits per heavy atom. The number of hydrogen-bond donors (Lipinski definition) is 2. The molecule has 9 nitrogen and oxygen atoms in total. The first kappa shape index (κ1) is 31.7. The van der Waals surface area contributed by atoms with Crippen molar-refractivity contribution in [3.8, 4) is 5.69 Å². The average molecular weight is 643 g/mol. The van der Waals surface area contributed by atoms with E-state index in [2.05, 4.69) is 20.6 Å². The van der Waals surface area contributed by atoms with E-state index in [4.69, 9.17) is 0 Å². The van der Waals surface area contributed by atoms with Crippen molar-refractivity contribution in [1.82, 2.24) is 20.0 Å². The highest BCUT2D eigenvalue weighted by Crippen LogP contribution is 2.42. The molecule has 2 aliphatic heterocycles. The van der Waals surface area contributed by atoms with Gasteiger partial charge in [-0.25, -0.2) is 4.68 Å². The summed E-state index contributed by atoms with van der Waals surface area (Å²) in [5.74, 6) is -1.79. The fourth-order valence-electron chi connectivity index (χ4n) is 6.16. The maximum absolute atomic E-state index is 14.3. The average Bonchev–Trinajstić information content (AvgIpc) is 3.49. The summed E-state index contributed by atoms with van der Waals surface area (Å²) in [4.78, 5) is 44.5. The molecule has 0 aliphatic carbocycles. The monoisotopic (exact) mass is 642 g/mol. The van der Waals surface area contributed by atoms with Crippen LogP contribution in [0.3, 0.4) is 0 Å². The molecule has 2 atom stereocenters. The van der Waals surface area contributed by atoms with E-state index in [1.165, 1.54) is 11.0 Å². The molecule has 2 aliphatic rings. The van der Waals surface area contributed by atoms with Gasteiger partial charge in [-0.15, -0.1) is 0 Å². The standard InChI is InChI=1S/C35H33F3N6O3/c1-3-43-33-28(20-39-44(33)27-15-5-4-6-16-27)29(22-10-8-14-26(19-22)40-32(46)24-12-9-17-42(2)21-24)30(34(43)47)41-31(45)23-11-7-13-25(18-23)35(36,37)38/h4-8,10-16,18-20,29-30H,3,9,17,21H2,1-2H3,(H,40,46)(H,41,45)/t29-,30+/m1/s1. The van der Waals surface area contributed by atoms with Crippen LogP contribution in [0, 0.1) is 0 Å². The van der Waals surface area contributed by atoms with Gasteiger partial charge in [0.15, 0.2) is 0 Å². The molecule has 0 fully saturated rings. The summed E-state index contributed by atoms with van der Waals surface area (Å²) in [5, 5.41) is 10.3. The van der Waals surface area contributed by atoms with Crippen molar-refractivity contribution in [1.29, 1.82) is 0 Å². The number of alkyl halides is 3. The van der Waals surface area contributed by atoms with Crippen molar-refractivity contribution in [3.05, 3.63) is 119 Å². The highest BCUT2D eigenvalue weighted by atomic mass is 19.4. The lowest BCUT2D eigenvalue weighted by Crippen LogP contribution is -2.55. The van der Waals surface area contributed by atoms with Crippen LogP contribution in [0.4, 0.5) is 24.7 Å². The van der Waals surface area contributed by atoms with Crippen LogP contribution in [0.15, 0.2) is 96.7 Å². The van der Waals surface area contributed by atoms with Crippen molar-refractivity contribution < 1.29 is 27.6 Å². The van der Waals surface area contributed by atoms with Crippen LogP contribution in [0.5, 0.6) is 0 Å². The molecule has 0 saturated carbocycles. The molecule has 0 bridgehead atoms. The fourth-order valence-corrected chi connectivity index (χ4v) is 6.16. The largest absolute Gasteiger partial charge is 0.416 e. The molecule has 12 heteroatoms. The smallest absolute Gasteiger partial charge is 0.339 e. The third kappa shape index (κ3) is 6.41. The van der Waals surface area contributed by atoms with Gasteiger partial charge < -0.3 is 15.5 Å². The summed E-state index contributed by atoms with van der Waals surface area (Å²) in [6.45, 7) is 3.42. The van der Waals surface area contributed by atoms with Gasteiger partial charge in [-0.3, -0.25) is 19.3 Å². The van der Waals surface area contributed by atoms with E-state index in [-0.39, 0.29) is 18.0 Å². The molecule has 4 aromatic rings. The van der Waals surface area contributed by atoms with Crippen molar-refractivity contribution in [3.63, 3.8) is 0 Å². The van der Waals surface area contributed by atoms with Crippen LogP contribution in [0.25, 0.3) is 5.69 Å². The Morgan fingerprint density at radius 1 is 0.979 bits per heavy atom. The number of halogens is 3. The molecule has 3 heterocycles. The second-order valence-electron chi connectivity index (χ2n) is 11.6. The zero-order chi connectivity index (χ0) is 33.3. The van der Waals surface area contributed by atoms with Gasteiger partial charge in [0.05, 0.1) is 17.4 Å². The zero-order valence-electron chi connectivity index (χ0n) is 25.8. The third-order valence-corrected chi connectivity index (χ3v) is 8.42. The minimum Gasteiger partial charge on any atom is -0.339 e. The number of carbonyl (C=O) groups excluding carboxylic acids is 3. The number of carbonyl (C=O) groups is 3. The Kier molecular flexibility index (Phi) is 8.69. The van der Waals surface area contributed by atoms with E-state index >= 15 is 0 Å². The summed E-state index contributed by atoms with van der Waals surface area (Å²) in [7, 11) is 1.95. The highest BCUT2D eigenvalue weighted by molar-refractivity contribution is 6.06. The number of nitrogens with one attached hydrogen (secondary N) is 2. The lowest BCUT2D eigenvalue weighted by Gasteiger charge is -2.38. The van der Waals surface area contributed by atoms with Crippen LogP contribution in [-0.2, 0) is 15.8 Å². The molecule has 0 saturated heterocycles. The van der Waals surface area contributed by atoms with Crippen molar-refractivity contribution in [2.75, 3.05) is 36.9 Å². The normalized spacial score (nSPS) is 18.4. The lowest BCUT2D eigenvalue weighted by atomic mass is 9.82. The van der Waals surface area contributed by atoms with Gasteiger partial charge >= 0.3 is 6.18 Å². The van der Waals surface area contributed by atoms with E-state index in [1.54, 1.807) is 42.1 Å². The Bertz CT molecular complexity index is 1850. The number of anilines is 2. The van der Waals surface area contributed by atoms with Gasteiger partial charge in [0, 0.05) is 47.9 Å². The molecular weight excluding hydrogens is 609 g/mol. The number of rotatable bonds is 7. The van der Waals surface area contributed by atoms with Crippen molar-refractivity contribution >= 4 is 29.2 Å². The second kappa shape index (κ2) is 12.9. The quantitative estimate of drug-likeness (QED) is 0.282. The Morgan fingerprint density at radius 3 is 2.47 bits per heavy atom. The van der Waals surface area contributed by atoms with E-state index in [0.29, 0.717) is 34.8 Å². The van der Waals surface area contributed by atoms with E-state index < -0.39 is 35.5 Å². The number of hydrogen-bond acceptors (Lipinski definition) is 5. The number of amides is 3. The third-order valence-electron chi connectivity index (χ3n) is 8.42. The van der Waals surface area contributed by atoms with Gasteiger partial charge in [-0.1, -0.05) is 42.5 Å². The molecule has 0 spiro atoms. The maximum Gasteiger partial charge on any atom is 0.416 e. The minimum absolute atomic E-state index is 0.230. The molecule has 1 aromatic heterocycles. The number of benzene rings is 3. The topological polar surface area (TPSA) is 99.6 Å². The molecule has 3 amide bonds. The van der Waals surface area contributed by atoms with Crippen LogP contribution in [0.2, 0.25) is 0 Å². The highest BCUT2D eigenvalue weighted by Gasteiger charge is 2.44. The number of para-hydroxylation sites is 1. The molecule has 2 N–H and O–H groups in total. The first-order chi connectivity index (χ1) is 22.5.